The van der Waals surface area contributed by atoms with Crippen molar-refractivity contribution >= 4 is 11.8 Å². The fraction of sp³-hybridized carbons (Fsp3) is 0.324. The standard InChI is InChI=1S/C34H36N4O5/c39-32(40)19-27(18-24-8-3-1-4-9-24)33(30-22-41-23-43-30)29-20-31(38(37-29)21-25-10-5-2-6-11-25)42-17-15-28-14-13-26-12-7-16-35-34(26)36-28/h1-6,8-11,13-14,20,22,27,33H,7,12,15-19,21,23H2,(H,35,36)(H,39,40). The van der Waals surface area contributed by atoms with Crippen LogP contribution in [0, 0.1) is 5.92 Å². The average molecular weight is 581 g/mol. The topological polar surface area (TPSA) is 108 Å². The van der Waals surface area contributed by atoms with Gasteiger partial charge in [0.05, 0.1) is 24.8 Å². The summed E-state index contributed by atoms with van der Waals surface area (Å²) in [6, 6.07) is 26.1. The Morgan fingerprint density at radius 1 is 1.05 bits per heavy atom. The van der Waals surface area contributed by atoms with Crippen molar-refractivity contribution in [1.82, 2.24) is 14.8 Å². The van der Waals surface area contributed by atoms with Gasteiger partial charge < -0.3 is 24.6 Å². The summed E-state index contributed by atoms with van der Waals surface area (Å²) in [4.78, 5) is 16.9. The Hall–Kier alpha value is -4.79. The van der Waals surface area contributed by atoms with Crippen LogP contribution >= 0.6 is 0 Å². The number of benzene rings is 2. The van der Waals surface area contributed by atoms with E-state index in [0.717, 1.165) is 42.0 Å². The fourth-order valence-corrected chi connectivity index (χ4v) is 5.81. The molecular formula is C34H36N4O5. The molecule has 222 valence electrons. The summed E-state index contributed by atoms with van der Waals surface area (Å²) in [7, 11) is 0. The summed E-state index contributed by atoms with van der Waals surface area (Å²) >= 11 is 0. The molecule has 0 fully saturated rings. The molecule has 43 heavy (non-hydrogen) atoms. The van der Waals surface area contributed by atoms with Crippen molar-refractivity contribution in [2.24, 2.45) is 5.92 Å². The van der Waals surface area contributed by atoms with E-state index < -0.39 is 11.9 Å². The van der Waals surface area contributed by atoms with Gasteiger partial charge in [0.2, 0.25) is 12.7 Å². The first-order valence-corrected chi connectivity index (χ1v) is 14.8. The van der Waals surface area contributed by atoms with Gasteiger partial charge in [-0.25, -0.2) is 9.67 Å². The molecule has 0 bridgehead atoms. The molecule has 4 heterocycles. The SMILES string of the molecule is O=C(O)CC(Cc1ccccc1)C(C1=COCO1)c1cc(OCCc2ccc3c(n2)NCCC3)n(Cc2ccccc2)n1. The van der Waals surface area contributed by atoms with E-state index in [1.807, 2.05) is 71.4 Å². The lowest BCUT2D eigenvalue weighted by Crippen LogP contribution is -2.22. The third-order valence-electron chi connectivity index (χ3n) is 7.86. The third kappa shape index (κ3) is 7.17. The van der Waals surface area contributed by atoms with Crippen molar-refractivity contribution in [3.05, 3.63) is 119 Å². The highest BCUT2D eigenvalue weighted by Crippen LogP contribution is 2.39. The maximum absolute atomic E-state index is 12.1. The number of nitrogens with one attached hydrogen (secondary N) is 1. The number of rotatable bonds is 13. The third-order valence-corrected chi connectivity index (χ3v) is 7.86. The van der Waals surface area contributed by atoms with Crippen LogP contribution in [0.2, 0.25) is 0 Å². The first-order chi connectivity index (χ1) is 21.1. The van der Waals surface area contributed by atoms with E-state index in [0.29, 0.717) is 43.3 Å². The van der Waals surface area contributed by atoms with Gasteiger partial charge in [-0.3, -0.25) is 4.79 Å². The van der Waals surface area contributed by atoms with Crippen LogP contribution in [-0.2, 0) is 40.1 Å². The van der Waals surface area contributed by atoms with Gasteiger partial charge in [-0.15, -0.1) is 0 Å². The zero-order chi connectivity index (χ0) is 29.4. The maximum Gasteiger partial charge on any atom is 0.303 e. The van der Waals surface area contributed by atoms with Gasteiger partial charge in [0, 0.05) is 31.1 Å². The maximum atomic E-state index is 12.1. The van der Waals surface area contributed by atoms with Gasteiger partial charge in [-0.1, -0.05) is 66.7 Å². The lowest BCUT2D eigenvalue weighted by Gasteiger charge is -2.24. The Kier molecular flexibility index (Phi) is 8.87. The molecule has 2 atom stereocenters. The zero-order valence-electron chi connectivity index (χ0n) is 24.0. The van der Waals surface area contributed by atoms with Crippen molar-refractivity contribution in [2.45, 2.75) is 44.6 Å². The second-order valence-electron chi connectivity index (χ2n) is 11.0. The minimum absolute atomic E-state index is 0.0555. The number of aromatic nitrogens is 3. The van der Waals surface area contributed by atoms with Crippen molar-refractivity contribution in [3.63, 3.8) is 0 Å². The molecule has 2 unspecified atom stereocenters. The minimum atomic E-state index is -0.877. The van der Waals surface area contributed by atoms with Crippen LogP contribution in [0.1, 0.15) is 46.8 Å². The van der Waals surface area contributed by atoms with Crippen molar-refractivity contribution in [1.29, 1.82) is 0 Å². The summed E-state index contributed by atoms with van der Waals surface area (Å²) in [5.41, 5.74) is 5.02. The van der Waals surface area contributed by atoms with E-state index in [1.54, 1.807) is 6.26 Å². The van der Waals surface area contributed by atoms with Gasteiger partial charge >= 0.3 is 5.97 Å². The van der Waals surface area contributed by atoms with Crippen molar-refractivity contribution < 1.29 is 24.1 Å². The molecule has 2 aliphatic heterocycles. The average Bonchev–Trinajstić information content (AvgIpc) is 3.69. The first kappa shape index (κ1) is 28.3. The smallest absolute Gasteiger partial charge is 0.303 e. The number of aliphatic carboxylic acids is 1. The summed E-state index contributed by atoms with van der Waals surface area (Å²) in [5, 5.41) is 18.3. The number of pyridine rings is 1. The molecule has 4 aromatic rings. The van der Waals surface area contributed by atoms with E-state index in [2.05, 4.69) is 17.4 Å². The van der Waals surface area contributed by atoms with Crippen LogP contribution < -0.4 is 10.1 Å². The van der Waals surface area contributed by atoms with E-state index in [-0.39, 0.29) is 19.1 Å². The molecule has 2 aliphatic rings. The van der Waals surface area contributed by atoms with Crippen LogP contribution in [0.5, 0.6) is 5.88 Å². The number of fused-ring (bicyclic) bond motifs is 1. The number of ether oxygens (including phenoxy) is 3. The highest BCUT2D eigenvalue weighted by molar-refractivity contribution is 5.67. The molecule has 2 aromatic heterocycles. The number of carboxylic acids is 1. The summed E-state index contributed by atoms with van der Waals surface area (Å²) in [6.07, 6.45) is 4.88. The largest absolute Gasteiger partial charge is 0.481 e. The van der Waals surface area contributed by atoms with Gasteiger partial charge in [0.1, 0.15) is 17.8 Å². The number of hydrogen-bond acceptors (Lipinski definition) is 7. The number of aryl methyl sites for hydroxylation is 1. The van der Waals surface area contributed by atoms with Crippen molar-refractivity contribution in [3.8, 4) is 5.88 Å². The van der Waals surface area contributed by atoms with Gasteiger partial charge in [-0.05, 0) is 47.9 Å². The number of anilines is 1. The van der Waals surface area contributed by atoms with E-state index in [1.165, 1.54) is 5.56 Å². The van der Waals surface area contributed by atoms with Crippen molar-refractivity contribution in [2.75, 3.05) is 25.3 Å². The molecule has 9 heteroatoms. The molecule has 0 aliphatic carbocycles. The quantitative estimate of drug-likeness (QED) is 0.211. The highest BCUT2D eigenvalue weighted by Gasteiger charge is 2.35. The Balaban J connectivity index is 1.29. The van der Waals surface area contributed by atoms with Gasteiger partial charge in [0.25, 0.3) is 0 Å². The number of allylic oxidation sites excluding steroid dienone is 1. The lowest BCUT2D eigenvalue weighted by atomic mass is 9.81. The van der Waals surface area contributed by atoms with Crippen LogP contribution in [-0.4, -0.2) is 45.8 Å². The Bertz CT molecular complexity index is 1550. The predicted molar refractivity (Wildman–Crippen MR) is 162 cm³/mol. The molecule has 9 nitrogen and oxygen atoms in total. The molecule has 2 aromatic carbocycles. The second-order valence-corrected chi connectivity index (χ2v) is 11.0. The number of carbonyl (C=O) groups is 1. The predicted octanol–water partition coefficient (Wildman–Crippen LogP) is 5.57. The molecule has 0 spiro atoms. The Morgan fingerprint density at radius 3 is 2.58 bits per heavy atom. The van der Waals surface area contributed by atoms with E-state index in [4.69, 9.17) is 24.3 Å². The molecule has 0 saturated carbocycles. The molecule has 0 amide bonds. The lowest BCUT2D eigenvalue weighted by molar-refractivity contribution is -0.138. The molecule has 2 N–H and O–H groups in total. The Labute approximate surface area is 251 Å². The normalized spacial score (nSPS) is 15.3. The summed E-state index contributed by atoms with van der Waals surface area (Å²) in [6.45, 7) is 1.96. The van der Waals surface area contributed by atoms with Gasteiger partial charge in [-0.2, -0.15) is 5.10 Å². The van der Waals surface area contributed by atoms with Crippen LogP contribution in [0.15, 0.2) is 90.9 Å². The number of hydrogen-bond donors (Lipinski definition) is 2. The van der Waals surface area contributed by atoms with Crippen LogP contribution in [0.3, 0.4) is 0 Å². The fourth-order valence-electron chi connectivity index (χ4n) is 5.81. The van der Waals surface area contributed by atoms with E-state index >= 15 is 0 Å². The van der Waals surface area contributed by atoms with Crippen LogP contribution in [0.25, 0.3) is 0 Å². The number of nitrogens with zero attached hydrogens (tertiary/aromatic N) is 3. The molecule has 0 radical (unpaired) electrons. The molecule has 6 rings (SSSR count). The summed E-state index contributed by atoms with van der Waals surface area (Å²) in [5.74, 6) is 0.507. The Morgan fingerprint density at radius 2 is 1.84 bits per heavy atom. The zero-order valence-corrected chi connectivity index (χ0v) is 24.0. The minimum Gasteiger partial charge on any atom is -0.481 e. The molecular weight excluding hydrogens is 544 g/mol. The summed E-state index contributed by atoms with van der Waals surface area (Å²) < 4.78 is 19.5. The van der Waals surface area contributed by atoms with E-state index in [9.17, 15) is 9.90 Å². The highest BCUT2D eigenvalue weighted by atomic mass is 16.7. The number of carboxylic acid groups (broad SMARTS) is 1. The second kappa shape index (κ2) is 13.5. The molecule has 0 saturated heterocycles. The monoisotopic (exact) mass is 580 g/mol. The van der Waals surface area contributed by atoms with Crippen LogP contribution in [0.4, 0.5) is 5.82 Å². The van der Waals surface area contributed by atoms with Gasteiger partial charge in [0.15, 0.2) is 0 Å². The first-order valence-electron chi connectivity index (χ1n) is 14.8.